The average Bonchev–Trinajstić information content (AvgIpc) is 3.36. The van der Waals surface area contributed by atoms with E-state index in [-0.39, 0.29) is 40.7 Å². The highest BCUT2D eigenvalue weighted by atomic mass is 16.6. The van der Waals surface area contributed by atoms with Gasteiger partial charge in [0.05, 0.1) is 6.10 Å². The third kappa shape index (κ3) is 2.14. The Morgan fingerprint density at radius 2 is 2.03 bits per heavy atom. The minimum Gasteiger partial charge on any atom is -0.458 e. The van der Waals surface area contributed by atoms with Gasteiger partial charge in [0, 0.05) is 17.8 Å². The van der Waals surface area contributed by atoms with E-state index in [1.165, 1.54) is 6.92 Å². The molecule has 6 heteroatoms. The number of epoxide rings is 1. The Balaban J connectivity index is 1.52. The number of fused-ring (bicyclic) bond motifs is 3. The summed E-state index contributed by atoms with van der Waals surface area (Å²) in [6, 6.07) is 0. The van der Waals surface area contributed by atoms with Gasteiger partial charge in [0.15, 0.2) is 12.4 Å². The van der Waals surface area contributed by atoms with E-state index in [4.69, 9.17) is 9.47 Å². The number of carbonyl (C=O) groups is 3. The van der Waals surface area contributed by atoms with Crippen molar-refractivity contribution in [2.45, 2.75) is 70.7 Å². The number of allylic oxidation sites excluding steroid dienone is 2. The molecule has 0 amide bonds. The van der Waals surface area contributed by atoms with Crippen LogP contribution >= 0.6 is 0 Å². The topological polar surface area (TPSA) is 93.2 Å². The molecule has 0 aromatic heterocycles. The first-order valence-electron chi connectivity index (χ1n) is 11.0. The van der Waals surface area contributed by atoms with Crippen molar-refractivity contribution in [3.8, 4) is 0 Å². The quantitative estimate of drug-likeness (QED) is 0.564. The van der Waals surface area contributed by atoms with E-state index in [1.807, 2.05) is 19.9 Å². The number of esters is 1. The molecule has 5 rings (SSSR count). The van der Waals surface area contributed by atoms with Gasteiger partial charge in [0.2, 0.25) is 5.78 Å². The van der Waals surface area contributed by atoms with Crippen LogP contribution in [0.1, 0.15) is 53.4 Å². The maximum atomic E-state index is 13.1. The smallest absolute Gasteiger partial charge is 0.303 e. The first-order chi connectivity index (χ1) is 14.0. The normalized spacial score (nSPS) is 50.6. The maximum absolute atomic E-state index is 13.1. The zero-order chi connectivity index (χ0) is 21.7. The van der Waals surface area contributed by atoms with Gasteiger partial charge in [-0.3, -0.25) is 14.4 Å². The lowest BCUT2D eigenvalue weighted by Crippen LogP contribution is -2.62. The molecule has 0 aromatic rings. The number of ether oxygens (including phenoxy) is 2. The minimum atomic E-state index is -1.54. The third-order valence-electron chi connectivity index (χ3n) is 9.35. The van der Waals surface area contributed by atoms with Gasteiger partial charge in [-0.15, -0.1) is 0 Å². The van der Waals surface area contributed by atoms with E-state index in [0.717, 1.165) is 24.8 Å². The SMILES string of the molecule is CC(=O)OCC(=O)[C@@]1(O)[C@@H](C)C[C@H]2[C@@H]3CCC4=CC(=O)C=C[C@]4(C)[C@@]34O[C@H]4C[C@@]21C. The molecule has 6 nitrogen and oxygen atoms in total. The standard InChI is InChI=1S/C24H30O6/c1-13-9-18-17-6-5-15-10-16(26)7-8-21(15,3)24(17)20(30-24)11-22(18,4)23(13,28)19(27)12-29-14(2)25/h7-8,10,13,17-18,20,28H,5-6,9,11-12H2,1-4H3/t13-,17-,18-,20-,21-,22-,23-,24+/m0/s1. The molecule has 5 aliphatic rings. The molecule has 1 aliphatic heterocycles. The summed E-state index contributed by atoms with van der Waals surface area (Å²) in [4.78, 5) is 36.3. The summed E-state index contributed by atoms with van der Waals surface area (Å²) >= 11 is 0. The molecule has 1 spiro atoms. The second-order valence-corrected chi connectivity index (χ2v) is 10.5. The lowest BCUT2D eigenvalue weighted by Gasteiger charge is -2.55. The van der Waals surface area contributed by atoms with Gasteiger partial charge in [-0.05, 0) is 62.5 Å². The van der Waals surface area contributed by atoms with Gasteiger partial charge in [-0.25, -0.2) is 0 Å². The van der Waals surface area contributed by atoms with Crippen molar-refractivity contribution in [3.05, 3.63) is 23.8 Å². The molecule has 1 N–H and O–H groups in total. The number of Topliss-reactive ketones (excluding diaryl/α,β-unsaturated/α-hetero) is 1. The monoisotopic (exact) mass is 414 g/mol. The first-order valence-corrected chi connectivity index (χ1v) is 11.0. The van der Waals surface area contributed by atoms with Crippen LogP contribution in [0.25, 0.3) is 0 Å². The average molecular weight is 414 g/mol. The van der Waals surface area contributed by atoms with Crippen LogP contribution in [0.15, 0.2) is 23.8 Å². The van der Waals surface area contributed by atoms with E-state index in [2.05, 4.69) is 6.92 Å². The zero-order valence-corrected chi connectivity index (χ0v) is 18.1. The van der Waals surface area contributed by atoms with Crippen LogP contribution in [0.5, 0.6) is 0 Å². The summed E-state index contributed by atoms with van der Waals surface area (Å²) in [5.74, 6) is -0.783. The van der Waals surface area contributed by atoms with Crippen LogP contribution in [0.2, 0.25) is 0 Å². The van der Waals surface area contributed by atoms with Crippen LogP contribution in [0, 0.1) is 28.6 Å². The van der Waals surface area contributed by atoms with Gasteiger partial charge in [-0.2, -0.15) is 0 Å². The van der Waals surface area contributed by atoms with Crippen molar-refractivity contribution in [2.24, 2.45) is 28.6 Å². The summed E-state index contributed by atoms with van der Waals surface area (Å²) in [6.07, 6.45) is 8.43. The number of hydrogen-bond acceptors (Lipinski definition) is 6. The molecular weight excluding hydrogens is 384 g/mol. The number of aliphatic hydroxyl groups is 1. The van der Waals surface area contributed by atoms with Gasteiger partial charge >= 0.3 is 5.97 Å². The van der Waals surface area contributed by atoms with E-state index in [1.54, 1.807) is 12.2 Å². The number of rotatable bonds is 3. The predicted octanol–water partition coefficient (Wildman–Crippen LogP) is 2.53. The van der Waals surface area contributed by atoms with Crippen molar-refractivity contribution in [1.82, 2.24) is 0 Å². The Morgan fingerprint density at radius 1 is 1.30 bits per heavy atom. The summed E-state index contributed by atoms with van der Waals surface area (Å²) in [6.45, 7) is 7.00. The van der Waals surface area contributed by atoms with Crippen molar-refractivity contribution >= 4 is 17.5 Å². The van der Waals surface area contributed by atoms with Crippen LogP contribution < -0.4 is 0 Å². The van der Waals surface area contributed by atoms with Crippen LogP contribution in [0.3, 0.4) is 0 Å². The van der Waals surface area contributed by atoms with Gasteiger partial charge in [0.1, 0.15) is 11.2 Å². The lowest BCUT2D eigenvalue weighted by atomic mass is 9.46. The second kappa shape index (κ2) is 5.92. The maximum Gasteiger partial charge on any atom is 0.303 e. The molecule has 3 saturated carbocycles. The van der Waals surface area contributed by atoms with Crippen LogP contribution in [0.4, 0.5) is 0 Å². The molecule has 162 valence electrons. The Labute approximate surface area is 176 Å². The molecular formula is C24H30O6. The molecule has 4 aliphatic carbocycles. The predicted molar refractivity (Wildman–Crippen MR) is 107 cm³/mol. The highest BCUT2D eigenvalue weighted by Gasteiger charge is 2.81. The molecule has 0 bridgehead atoms. The molecule has 8 atom stereocenters. The Kier molecular flexibility index (Phi) is 3.97. The van der Waals surface area contributed by atoms with E-state index >= 15 is 0 Å². The van der Waals surface area contributed by atoms with Crippen LogP contribution in [-0.4, -0.2) is 46.6 Å². The zero-order valence-electron chi connectivity index (χ0n) is 18.1. The molecule has 30 heavy (non-hydrogen) atoms. The fourth-order valence-electron chi connectivity index (χ4n) is 7.85. The van der Waals surface area contributed by atoms with Gasteiger partial charge in [0.25, 0.3) is 0 Å². The van der Waals surface area contributed by atoms with E-state index in [0.29, 0.717) is 6.42 Å². The van der Waals surface area contributed by atoms with Crippen LogP contribution in [-0.2, 0) is 23.9 Å². The molecule has 4 fully saturated rings. The first kappa shape index (κ1) is 20.1. The van der Waals surface area contributed by atoms with Crippen molar-refractivity contribution in [2.75, 3.05) is 6.61 Å². The summed E-state index contributed by atoms with van der Waals surface area (Å²) in [5.41, 5.74) is -1.71. The lowest BCUT2D eigenvalue weighted by molar-refractivity contribution is -0.170. The largest absolute Gasteiger partial charge is 0.458 e. The summed E-state index contributed by atoms with van der Waals surface area (Å²) in [7, 11) is 0. The fraction of sp³-hybridized carbons (Fsp3) is 0.708. The summed E-state index contributed by atoms with van der Waals surface area (Å²) < 4.78 is 11.4. The van der Waals surface area contributed by atoms with Crippen molar-refractivity contribution in [1.29, 1.82) is 0 Å². The molecule has 0 radical (unpaired) electrons. The third-order valence-corrected chi connectivity index (χ3v) is 9.35. The Hall–Kier alpha value is -1.79. The molecule has 1 saturated heterocycles. The number of hydrogen-bond donors (Lipinski definition) is 1. The fourth-order valence-corrected chi connectivity index (χ4v) is 7.85. The van der Waals surface area contributed by atoms with Gasteiger partial charge < -0.3 is 14.6 Å². The van der Waals surface area contributed by atoms with Crippen molar-refractivity contribution in [3.63, 3.8) is 0 Å². The molecule has 0 unspecified atom stereocenters. The van der Waals surface area contributed by atoms with E-state index < -0.39 is 29.4 Å². The highest BCUT2D eigenvalue weighted by molar-refractivity contribution is 6.01. The van der Waals surface area contributed by atoms with Crippen molar-refractivity contribution < 1.29 is 29.0 Å². The van der Waals surface area contributed by atoms with E-state index in [9.17, 15) is 19.5 Å². The van der Waals surface area contributed by atoms with Gasteiger partial charge in [-0.1, -0.05) is 25.5 Å². The highest BCUT2D eigenvalue weighted by Crippen LogP contribution is 2.76. The molecule has 1 heterocycles. The minimum absolute atomic E-state index is 0.0371. The summed E-state index contributed by atoms with van der Waals surface area (Å²) in [5, 5.41) is 11.8. The Morgan fingerprint density at radius 3 is 2.73 bits per heavy atom. The number of carbonyl (C=O) groups excluding carboxylic acids is 3. The number of ketones is 2. The second-order valence-electron chi connectivity index (χ2n) is 10.5. The molecule has 0 aromatic carbocycles. The Bertz CT molecular complexity index is 919.